The topological polar surface area (TPSA) is 79.0 Å². The van der Waals surface area contributed by atoms with Crippen molar-refractivity contribution in [3.8, 4) is 0 Å². The summed E-state index contributed by atoms with van der Waals surface area (Å²) in [4.78, 5) is 39.3. The Morgan fingerprint density at radius 3 is 2.45 bits per heavy atom. The first kappa shape index (κ1) is 14.9. The zero-order chi connectivity index (χ0) is 14.9. The van der Waals surface area contributed by atoms with E-state index in [-0.39, 0.29) is 6.04 Å². The zero-order valence-electron chi connectivity index (χ0n) is 12.1. The van der Waals surface area contributed by atoms with E-state index < -0.39 is 23.3 Å². The number of ether oxygens (including phenoxy) is 1. The number of hydrogen-bond donors (Lipinski definition) is 1. The highest BCUT2D eigenvalue weighted by Crippen LogP contribution is 2.25. The summed E-state index contributed by atoms with van der Waals surface area (Å²) in [6.07, 6.45) is 0. The molecular weight excluding hydrogens is 262 g/mol. The van der Waals surface area contributed by atoms with Gasteiger partial charge in [-0.05, 0) is 20.8 Å². The van der Waals surface area contributed by atoms with Gasteiger partial charge in [-0.1, -0.05) is 0 Å². The Bertz CT molecular complexity index is 429. The molecule has 2 saturated heterocycles. The molecule has 2 fully saturated rings. The van der Waals surface area contributed by atoms with E-state index in [0.29, 0.717) is 19.8 Å². The van der Waals surface area contributed by atoms with Gasteiger partial charge in [0.05, 0.1) is 19.3 Å². The molecule has 0 saturated carbocycles. The van der Waals surface area contributed by atoms with E-state index in [1.54, 1.807) is 0 Å². The molecule has 0 bridgehead atoms. The first-order chi connectivity index (χ1) is 9.34. The van der Waals surface area contributed by atoms with E-state index in [4.69, 9.17) is 4.74 Å². The number of carbonyl (C=O) groups is 3. The zero-order valence-corrected chi connectivity index (χ0v) is 12.1. The van der Waals surface area contributed by atoms with Crippen LogP contribution in [0, 0.1) is 5.41 Å². The SMILES string of the molecule is CC(CN1CCOCC1)N1C(=O)NC(=O)C(C)(C)C1=O. The van der Waals surface area contributed by atoms with Crippen LogP contribution in [0.5, 0.6) is 0 Å². The van der Waals surface area contributed by atoms with Gasteiger partial charge < -0.3 is 4.74 Å². The predicted molar refractivity (Wildman–Crippen MR) is 70.9 cm³/mol. The third kappa shape index (κ3) is 2.69. The van der Waals surface area contributed by atoms with Crippen molar-refractivity contribution >= 4 is 17.8 Å². The molecule has 4 amide bonds. The summed E-state index contributed by atoms with van der Waals surface area (Å²) in [5, 5.41) is 2.25. The van der Waals surface area contributed by atoms with Gasteiger partial charge in [-0.15, -0.1) is 0 Å². The van der Waals surface area contributed by atoms with Crippen molar-refractivity contribution in [2.24, 2.45) is 5.41 Å². The molecule has 0 aromatic rings. The summed E-state index contributed by atoms with van der Waals surface area (Å²) in [6.45, 7) is 8.38. The number of amides is 4. The van der Waals surface area contributed by atoms with Crippen LogP contribution in [-0.2, 0) is 14.3 Å². The largest absolute Gasteiger partial charge is 0.379 e. The van der Waals surface area contributed by atoms with Gasteiger partial charge in [-0.25, -0.2) is 4.79 Å². The Kier molecular flexibility index (Phi) is 4.10. The summed E-state index contributed by atoms with van der Waals surface area (Å²) in [7, 11) is 0. The minimum atomic E-state index is -1.20. The van der Waals surface area contributed by atoms with Crippen molar-refractivity contribution in [2.45, 2.75) is 26.8 Å². The predicted octanol–water partition coefficient (Wildman–Crippen LogP) is -0.188. The van der Waals surface area contributed by atoms with Gasteiger partial charge in [0.2, 0.25) is 11.8 Å². The lowest BCUT2D eigenvalue weighted by Gasteiger charge is -2.39. The molecule has 0 spiro atoms. The molecule has 0 aliphatic carbocycles. The standard InChI is InChI=1S/C13H21N3O4/c1-9(8-15-4-6-20-7-5-15)16-11(18)13(2,3)10(17)14-12(16)19/h9H,4-8H2,1-3H3,(H,14,17,19). The molecule has 0 radical (unpaired) electrons. The molecule has 0 aromatic carbocycles. The first-order valence-electron chi connectivity index (χ1n) is 6.83. The number of hydrogen-bond acceptors (Lipinski definition) is 5. The molecule has 2 rings (SSSR count). The van der Waals surface area contributed by atoms with Crippen LogP contribution in [0.25, 0.3) is 0 Å². The second kappa shape index (κ2) is 5.49. The van der Waals surface area contributed by atoms with Crippen molar-refractivity contribution in [2.75, 3.05) is 32.8 Å². The maximum atomic E-state index is 12.4. The third-order valence-electron chi connectivity index (χ3n) is 3.83. The Balaban J connectivity index is 2.07. The van der Waals surface area contributed by atoms with Crippen LogP contribution in [0.2, 0.25) is 0 Å². The van der Waals surface area contributed by atoms with Gasteiger partial charge in [0, 0.05) is 19.6 Å². The fourth-order valence-electron chi connectivity index (χ4n) is 2.44. The minimum Gasteiger partial charge on any atom is -0.379 e. The highest BCUT2D eigenvalue weighted by Gasteiger charge is 2.48. The maximum absolute atomic E-state index is 12.4. The van der Waals surface area contributed by atoms with Gasteiger partial charge in [-0.2, -0.15) is 0 Å². The van der Waals surface area contributed by atoms with Crippen LogP contribution < -0.4 is 5.32 Å². The molecule has 2 heterocycles. The molecule has 2 aliphatic heterocycles. The van der Waals surface area contributed by atoms with Crippen molar-refractivity contribution in [1.29, 1.82) is 0 Å². The Hall–Kier alpha value is -1.47. The molecular formula is C13H21N3O4. The maximum Gasteiger partial charge on any atom is 0.331 e. The van der Waals surface area contributed by atoms with Crippen LogP contribution >= 0.6 is 0 Å². The van der Waals surface area contributed by atoms with E-state index in [1.807, 2.05) is 6.92 Å². The van der Waals surface area contributed by atoms with Gasteiger partial charge in [0.15, 0.2) is 0 Å². The van der Waals surface area contributed by atoms with E-state index in [9.17, 15) is 14.4 Å². The number of nitrogens with one attached hydrogen (secondary N) is 1. The van der Waals surface area contributed by atoms with Crippen LogP contribution in [0.1, 0.15) is 20.8 Å². The summed E-state index contributed by atoms with van der Waals surface area (Å²) >= 11 is 0. The third-order valence-corrected chi connectivity index (χ3v) is 3.83. The fraction of sp³-hybridized carbons (Fsp3) is 0.769. The number of urea groups is 1. The smallest absolute Gasteiger partial charge is 0.331 e. The lowest BCUT2D eigenvalue weighted by Crippen LogP contribution is -2.65. The van der Waals surface area contributed by atoms with E-state index in [0.717, 1.165) is 18.0 Å². The number of carbonyl (C=O) groups excluding carboxylic acids is 3. The van der Waals surface area contributed by atoms with Crippen molar-refractivity contribution < 1.29 is 19.1 Å². The lowest BCUT2D eigenvalue weighted by atomic mass is 9.88. The normalized spacial score (nSPS) is 25.6. The summed E-state index contributed by atoms with van der Waals surface area (Å²) in [5.74, 6) is -0.977. The Morgan fingerprint density at radius 2 is 1.85 bits per heavy atom. The molecule has 7 nitrogen and oxygen atoms in total. The van der Waals surface area contributed by atoms with Gasteiger partial charge in [0.25, 0.3) is 0 Å². The average Bonchev–Trinajstić information content (AvgIpc) is 2.38. The number of morpholine rings is 1. The first-order valence-corrected chi connectivity index (χ1v) is 6.83. The van der Waals surface area contributed by atoms with Gasteiger partial charge in [0.1, 0.15) is 5.41 Å². The Morgan fingerprint density at radius 1 is 1.25 bits per heavy atom. The minimum absolute atomic E-state index is 0.284. The summed E-state index contributed by atoms with van der Waals surface area (Å²) < 4.78 is 5.27. The second-order valence-electron chi connectivity index (χ2n) is 5.82. The van der Waals surface area contributed by atoms with Crippen LogP contribution in [0.15, 0.2) is 0 Å². The number of barbiturate groups is 1. The van der Waals surface area contributed by atoms with Crippen LogP contribution in [0.3, 0.4) is 0 Å². The average molecular weight is 283 g/mol. The highest BCUT2D eigenvalue weighted by molar-refractivity contribution is 6.18. The number of rotatable bonds is 3. The summed E-state index contributed by atoms with van der Waals surface area (Å²) in [5.41, 5.74) is -1.20. The molecule has 7 heteroatoms. The molecule has 1 N–H and O–H groups in total. The molecule has 0 aromatic heterocycles. The van der Waals surface area contributed by atoms with E-state index in [1.165, 1.54) is 13.8 Å². The van der Waals surface area contributed by atoms with Crippen molar-refractivity contribution in [1.82, 2.24) is 15.1 Å². The molecule has 20 heavy (non-hydrogen) atoms. The quantitative estimate of drug-likeness (QED) is 0.726. The molecule has 1 unspecified atom stereocenters. The monoisotopic (exact) mass is 283 g/mol. The number of imide groups is 2. The van der Waals surface area contributed by atoms with Crippen LogP contribution in [0.4, 0.5) is 4.79 Å². The van der Waals surface area contributed by atoms with Crippen molar-refractivity contribution in [3.05, 3.63) is 0 Å². The molecule has 1 atom stereocenters. The summed E-state index contributed by atoms with van der Waals surface area (Å²) in [6, 6.07) is -0.909. The van der Waals surface area contributed by atoms with Gasteiger partial charge in [-0.3, -0.25) is 24.7 Å². The Labute approximate surface area is 118 Å². The van der Waals surface area contributed by atoms with Gasteiger partial charge >= 0.3 is 6.03 Å². The fourth-order valence-corrected chi connectivity index (χ4v) is 2.44. The second-order valence-corrected chi connectivity index (χ2v) is 5.82. The lowest BCUT2D eigenvalue weighted by molar-refractivity contribution is -0.150. The molecule has 2 aliphatic rings. The van der Waals surface area contributed by atoms with E-state index >= 15 is 0 Å². The highest BCUT2D eigenvalue weighted by atomic mass is 16.5. The van der Waals surface area contributed by atoms with Crippen LogP contribution in [-0.4, -0.2) is 66.5 Å². The number of nitrogens with zero attached hydrogens (tertiary/aromatic N) is 2. The van der Waals surface area contributed by atoms with Crippen molar-refractivity contribution in [3.63, 3.8) is 0 Å². The van der Waals surface area contributed by atoms with E-state index in [2.05, 4.69) is 10.2 Å². The molecule has 112 valence electrons.